The highest BCUT2D eigenvalue weighted by Crippen LogP contribution is 2.44. The monoisotopic (exact) mass is 547 g/mol. The van der Waals surface area contributed by atoms with Gasteiger partial charge in [-0.3, -0.25) is 19.3 Å². The largest absolute Gasteiger partial charge is 0.461 e. The van der Waals surface area contributed by atoms with Crippen LogP contribution in [-0.2, 0) is 49.4 Å². The van der Waals surface area contributed by atoms with Crippen LogP contribution in [0.3, 0.4) is 0 Å². The van der Waals surface area contributed by atoms with Gasteiger partial charge in [0.15, 0.2) is 24.1 Å². The number of hydrogen-bond donors (Lipinski definition) is 0. The van der Waals surface area contributed by atoms with Gasteiger partial charge in [-0.25, -0.2) is 0 Å². The molecule has 0 unspecified atom stereocenters. The summed E-state index contributed by atoms with van der Waals surface area (Å²) in [6.45, 7) is 10.5. The summed E-state index contributed by atoms with van der Waals surface area (Å²) in [5.41, 5.74) is 0.969. The van der Waals surface area contributed by atoms with E-state index in [1.807, 2.05) is 30.3 Å². The lowest BCUT2D eigenvalue weighted by atomic mass is 9.91. The van der Waals surface area contributed by atoms with Crippen molar-refractivity contribution in [2.45, 2.75) is 90.4 Å². The second-order valence-corrected chi connectivity index (χ2v) is 11.4. The van der Waals surface area contributed by atoms with E-state index < -0.39 is 41.8 Å². The predicted molar refractivity (Wildman–Crippen MR) is 139 cm³/mol. The topological polar surface area (TPSA) is 110 Å². The van der Waals surface area contributed by atoms with Gasteiger partial charge in [-0.1, -0.05) is 44.2 Å². The number of benzene rings is 1. The normalized spacial score (nSPS) is 29.0. The zero-order valence-electron chi connectivity index (χ0n) is 23.6. The molecule has 216 valence electrons. The van der Waals surface area contributed by atoms with Gasteiger partial charge in [-0.15, -0.1) is 0 Å². The molecule has 4 atom stereocenters. The molecule has 10 heteroatoms. The number of piperidine rings is 1. The molecule has 0 bridgehead atoms. The summed E-state index contributed by atoms with van der Waals surface area (Å²) >= 11 is 0. The summed E-state index contributed by atoms with van der Waals surface area (Å²) in [6.07, 6.45) is -0.443. The smallest absolute Gasteiger partial charge is 0.308 e. The zero-order chi connectivity index (χ0) is 28.2. The maximum atomic E-state index is 12.4. The van der Waals surface area contributed by atoms with Crippen molar-refractivity contribution >= 4 is 17.9 Å². The van der Waals surface area contributed by atoms with Crippen molar-refractivity contribution in [2.75, 3.05) is 26.2 Å². The molecule has 0 N–H and O–H groups in total. The molecule has 3 aliphatic heterocycles. The van der Waals surface area contributed by atoms with Crippen LogP contribution in [0.25, 0.3) is 0 Å². The van der Waals surface area contributed by atoms with E-state index in [4.69, 9.17) is 28.4 Å². The van der Waals surface area contributed by atoms with Gasteiger partial charge in [0.05, 0.1) is 19.1 Å². The van der Waals surface area contributed by atoms with Crippen LogP contribution in [0.5, 0.6) is 0 Å². The van der Waals surface area contributed by atoms with Crippen LogP contribution in [0.4, 0.5) is 0 Å². The molecule has 3 aliphatic rings. The van der Waals surface area contributed by atoms with Crippen molar-refractivity contribution in [3.8, 4) is 0 Å². The molecule has 4 rings (SSSR count). The summed E-state index contributed by atoms with van der Waals surface area (Å²) in [5, 5.41) is 0. The fourth-order valence-electron chi connectivity index (χ4n) is 5.41. The molecule has 3 fully saturated rings. The first-order chi connectivity index (χ1) is 18.5. The summed E-state index contributed by atoms with van der Waals surface area (Å²) in [6, 6.07) is 9.65. The Morgan fingerprint density at radius 2 is 1.77 bits per heavy atom. The van der Waals surface area contributed by atoms with Gasteiger partial charge in [0.1, 0.15) is 6.61 Å². The third-order valence-corrected chi connectivity index (χ3v) is 7.31. The molecule has 0 aromatic heterocycles. The van der Waals surface area contributed by atoms with Crippen LogP contribution in [0.1, 0.15) is 59.4 Å². The molecule has 10 nitrogen and oxygen atoms in total. The van der Waals surface area contributed by atoms with Crippen LogP contribution in [0.15, 0.2) is 30.3 Å². The highest BCUT2D eigenvalue weighted by Gasteiger charge is 2.64. The number of carbonyl (C=O) groups is 3. The van der Waals surface area contributed by atoms with Crippen LogP contribution in [0.2, 0.25) is 0 Å². The third kappa shape index (κ3) is 7.57. The lowest BCUT2D eigenvalue weighted by molar-refractivity contribution is -0.301. The van der Waals surface area contributed by atoms with E-state index in [0.29, 0.717) is 13.0 Å². The quantitative estimate of drug-likeness (QED) is 0.338. The van der Waals surface area contributed by atoms with Crippen molar-refractivity contribution in [3.05, 3.63) is 35.9 Å². The van der Waals surface area contributed by atoms with Crippen molar-refractivity contribution in [1.82, 2.24) is 4.90 Å². The van der Waals surface area contributed by atoms with Gasteiger partial charge in [-0.2, -0.15) is 0 Å². The summed E-state index contributed by atoms with van der Waals surface area (Å²) in [4.78, 5) is 39.0. The van der Waals surface area contributed by atoms with E-state index in [2.05, 4.69) is 4.90 Å². The Morgan fingerprint density at radius 3 is 2.41 bits per heavy atom. The Morgan fingerprint density at radius 1 is 1.08 bits per heavy atom. The first kappa shape index (κ1) is 29.5. The SMILES string of the molecule is CC(=O)O[C@@H]1[C@H](OC(=O)C(C)C)CO[C@@]2(CN3CCC(CC(=O)OCc4ccccc4)CC3)OC(C)(C)O[C@@H]12. The van der Waals surface area contributed by atoms with Gasteiger partial charge in [0.25, 0.3) is 0 Å². The Hall–Kier alpha value is -2.53. The lowest BCUT2D eigenvalue weighted by Gasteiger charge is -2.46. The van der Waals surface area contributed by atoms with Crippen LogP contribution < -0.4 is 0 Å². The lowest BCUT2D eigenvalue weighted by Crippen LogP contribution is -2.65. The fourth-order valence-corrected chi connectivity index (χ4v) is 5.41. The van der Waals surface area contributed by atoms with Crippen molar-refractivity contribution in [2.24, 2.45) is 11.8 Å². The van der Waals surface area contributed by atoms with Gasteiger partial charge >= 0.3 is 17.9 Å². The van der Waals surface area contributed by atoms with E-state index in [-0.39, 0.29) is 31.0 Å². The fraction of sp³-hybridized carbons (Fsp3) is 0.690. The summed E-state index contributed by atoms with van der Waals surface area (Å²) < 4.78 is 35.6. The van der Waals surface area contributed by atoms with Crippen molar-refractivity contribution in [3.63, 3.8) is 0 Å². The Kier molecular flexibility index (Phi) is 9.31. The standard InChI is InChI=1S/C29H41NO9/c1-19(2)27(33)37-23-17-35-29(26(25(23)36-20(3)31)38-28(4,5)39-29)18-30-13-11-21(12-14-30)15-24(32)34-16-22-9-7-6-8-10-22/h6-10,19,21,23,25-26H,11-18H2,1-5H3/t23-,25-,26+,29+/m1/s1. The predicted octanol–water partition coefficient (Wildman–Crippen LogP) is 3.21. The van der Waals surface area contributed by atoms with Gasteiger partial charge in [0, 0.05) is 13.3 Å². The van der Waals surface area contributed by atoms with Crippen molar-refractivity contribution in [1.29, 1.82) is 0 Å². The van der Waals surface area contributed by atoms with Crippen LogP contribution >= 0.6 is 0 Å². The van der Waals surface area contributed by atoms with E-state index in [0.717, 1.165) is 31.5 Å². The van der Waals surface area contributed by atoms with Gasteiger partial charge in [0.2, 0.25) is 5.79 Å². The molecule has 0 radical (unpaired) electrons. The van der Waals surface area contributed by atoms with Gasteiger partial charge in [-0.05, 0) is 51.3 Å². The third-order valence-electron chi connectivity index (χ3n) is 7.31. The average molecular weight is 548 g/mol. The maximum Gasteiger partial charge on any atom is 0.308 e. The molecule has 0 amide bonds. The molecular formula is C29H41NO9. The van der Waals surface area contributed by atoms with E-state index in [1.165, 1.54) is 6.92 Å². The van der Waals surface area contributed by atoms with Crippen LogP contribution in [0, 0.1) is 11.8 Å². The highest BCUT2D eigenvalue weighted by molar-refractivity contribution is 5.72. The van der Waals surface area contributed by atoms with Gasteiger partial charge < -0.3 is 28.4 Å². The van der Waals surface area contributed by atoms with E-state index in [1.54, 1.807) is 27.7 Å². The molecule has 3 saturated heterocycles. The Balaban J connectivity index is 1.36. The highest BCUT2D eigenvalue weighted by atomic mass is 16.9. The molecule has 39 heavy (non-hydrogen) atoms. The number of fused-ring (bicyclic) bond motifs is 1. The minimum Gasteiger partial charge on any atom is -0.461 e. The number of hydrogen-bond acceptors (Lipinski definition) is 10. The minimum absolute atomic E-state index is 0.00999. The second kappa shape index (κ2) is 12.3. The number of esters is 3. The molecule has 1 aromatic carbocycles. The maximum absolute atomic E-state index is 12.4. The molecular weight excluding hydrogens is 506 g/mol. The number of nitrogens with zero attached hydrogens (tertiary/aromatic N) is 1. The van der Waals surface area contributed by atoms with Crippen molar-refractivity contribution < 1.29 is 42.8 Å². The first-order valence-electron chi connectivity index (χ1n) is 13.8. The molecule has 1 aromatic rings. The second-order valence-electron chi connectivity index (χ2n) is 11.4. The molecule has 3 heterocycles. The number of rotatable bonds is 9. The number of likely N-dealkylation sites (tertiary alicyclic amines) is 1. The first-order valence-corrected chi connectivity index (χ1v) is 13.8. The summed E-state index contributed by atoms with van der Waals surface area (Å²) in [7, 11) is 0. The number of carbonyl (C=O) groups excluding carboxylic acids is 3. The molecule has 0 spiro atoms. The van der Waals surface area contributed by atoms with E-state index in [9.17, 15) is 14.4 Å². The Labute approximate surface area is 230 Å². The molecule has 0 saturated carbocycles. The minimum atomic E-state index is -1.20. The number of ether oxygens (including phenoxy) is 6. The Bertz CT molecular complexity index is 1010. The van der Waals surface area contributed by atoms with Crippen LogP contribution in [-0.4, -0.2) is 78.9 Å². The molecule has 0 aliphatic carbocycles. The summed E-state index contributed by atoms with van der Waals surface area (Å²) in [5.74, 6) is -3.41. The zero-order valence-corrected chi connectivity index (χ0v) is 23.6. The average Bonchev–Trinajstić information content (AvgIpc) is 3.16. The van der Waals surface area contributed by atoms with E-state index >= 15 is 0 Å².